The SMILES string of the molecule is CN=C(NCC1CCS(=O)(=O)C1)N(C)CCOc1ccc(Cl)cc1.I. The van der Waals surface area contributed by atoms with Gasteiger partial charge in [-0.3, -0.25) is 4.99 Å². The summed E-state index contributed by atoms with van der Waals surface area (Å²) >= 11 is 5.84. The molecule has 2 rings (SSSR count). The van der Waals surface area contributed by atoms with E-state index in [1.165, 1.54) is 0 Å². The summed E-state index contributed by atoms with van der Waals surface area (Å²) in [6.45, 7) is 1.79. The minimum atomic E-state index is -2.84. The van der Waals surface area contributed by atoms with Gasteiger partial charge in [0.2, 0.25) is 0 Å². The van der Waals surface area contributed by atoms with Crippen molar-refractivity contribution in [2.45, 2.75) is 6.42 Å². The maximum absolute atomic E-state index is 11.5. The highest BCUT2D eigenvalue weighted by molar-refractivity contribution is 14.0. The molecule has 1 fully saturated rings. The molecular weight excluding hydrogens is 477 g/mol. The Morgan fingerprint density at radius 2 is 2.08 bits per heavy atom. The summed E-state index contributed by atoms with van der Waals surface area (Å²) in [5.41, 5.74) is 0. The van der Waals surface area contributed by atoms with Crippen LogP contribution in [-0.2, 0) is 9.84 Å². The van der Waals surface area contributed by atoms with Crippen molar-refractivity contribution in [3.63, 3.8) is 0 Å². The predicted octanol–water partition coefficient (Wildman–Crippen LogP) is 2.28. The zero-order valence-corrected chi connectivity index (χ0v) is 18.3. The molecule has 0 saturated carbocycles. The van der Waals surface area contributed by atoms with Gasteiger partial charge in [0.1, 0.15) is 12.4 Å². The number of nitrogens with one attached hydrogen (secondary N) is 1. The minimum Gasteiger partial charge on any atom is -0.492 e. The molecule has 0 aliphatic carbocycles. The van der Waals surface area contributed by atoms with Crippen molar-refractivity contribution in [2.75, 3.05) is 45.3 Å². The van der Waals surface area contributed by atoms with Crippen LogP contribution in [-0.4, -0.2) is 64.6 Å². The molecule has 0 amide bonds. The molecule has 0 bridgehead atoms. The molecule has 0 radical (unpaired) electrons. The fraction of sp³-hybridized carbons (Fsp3) is 0.562. The summed E-state index contributed by atoms with van der Waals surface area (Å²) in [6, 6.07) is 7.24. The molecule has 25 heavy (non-hydrogen) atoms. The van der Waals surface area contributed by atoms with Gasteiger partial charge in [-0.1, -0.05) is 11.6 Å². The number of sulfone groups is 1. The Balaban J connectivity index is 0.00000312. The van der Waals surface area contributed by atoms with Crippen LogP contribution in [0.15, 0.2) is 29.3 Å². The predicted molar refractivity (Wildman–Crippen MR) is 113 cm³/mol. The van der Waals surface area contributed by atoms with E-state index in [1.807, 2.05) is 24.1 Å². The van der Waals surface area contributed by atoms with Gasteiger partial charge >= 0.3 is 0 Å². The first kappa shape index (κ1) is 22.3. The van der Waals surface area contributed by atoms with E-state index in [2.05, 4.69) is 10.3 Å². The van der Waals surface area contributed by atoms with E-state index in [0.29, 0.717) is 30.5 Å². The number of aliphatic imine (C=N–C) groups is 1. The molecular formula is C16H25ClIN3O3S. The molecule has 1 unspecified atom stereocenters. The highest BCUT2D eigenvalue weighted by Crippen LogP contribution is 2.17. The van der Waals surface area contributed by atoms with E-state index >= 15 is 0 Å². The molecule has 9 heteroatoms. The third-order valence-corrected chi connectivity index (χ3v) is 6.05. The summed E-state index contributed by atoms with van der Waals surface area (Å²) in [5.74, 6) is 2.22. The standard InChI is InChI=1S/C16H24ClN3O3S.HI/c1-18-16(19-11-13-7-10-24(21,22)12-13)20(2)8-9-23-15-5-3-14(17)4-6-15;/h3-6,13H,7-12H2,1-2H3,(H,18,19);1H. The number of guanidine groups is 1. The van der Waals surface area contributed by atoms with Gasteiger partial charge in [0.05, 0.1) is 18.1 Å². The Bertz CT molecular complexity index is 668. The number of nitrogens with zero attached hydrogens (tertiary/aromatic N) is 2. The Morgan fingerprint density at radius 1 is 1.40 bits per heavy atom. The summed E-state index contributed by atoms with van der Waals surface area (Å²) < 4.78 is 28.7. The number of rotatable bonds is 6. The van der Waals surface area contributed by atoms with E-state index in [4.69, 9.17) is 16.3 Å². The van der Waals surface area contributed by atoms with Crippen LogP contribution >= 0.6 is 35.6 Å². The van der Waals surface area contributed by atoms with Gasteiger partial charge < -0.3 is 15.0 Å². The van der Waals surface area contributed by atoms with Crippen LogP contribution in [0.5, 0.6) is 5.75 Å². The Morgan fingerprint density at radius 3 is 2.64 bits per heavy atom. The summed E-state index contributed by atoms with van der Waals surface area (Å²) in [5, 5.41) is 3.92. The quantitative estimate of drug-likeness (QED) is 0.368. The number of hydrogen-bond acceptors (Lipinski definition) is 4. The lowest BCUT2D eigenvalue weighted by Gasteiger charge is -2.23. The fourth-order valence-corrected chi connectivity index (χ4v) is 4.58. The number of ether oxygens (including phenoxy) is 1. The van der Waals surface area contributed by atoms with Crippen molar-refractivity contribution >= 4 is 51.4 Å². The molecule has 6 nitrogen and oxygen atoms in total. The molecule has 1 N–H and O–H groups in total. The maximum atomic E-state index is 11.5. The van der Waals surface area contributed by atoms with E-state index in [-0.39, 0.29) is 35.6 Å². The van der Waals surface area contributed by atoms with Crippen LogP contribution in [0.3, 0.4) is 0 Å². The average Bonchev–Trinajstić information content (AvgIpc) is 2.89. The summed E-state index contributed by atoms with van der Waals surface area (Å²) in [7, 11) is 0.794. The van der Waals surface area contributed by atoms with Gasteiger partial charge in [0.25, 0.3) is 0 Å². The minimum absolute atomic E-state index is 0. The molecule has 1 saturated heterocycles. The van der Waals surface area contributed by atoms with Crippen molar-refractivity contribution in [1.82, 2.24) is 10.2 Å². The lowest BCUT2D eigenvalue weighted by Crippen LogP contribution is -2.42. The molecule has 1 heterocycles. The Hall–Kier alpha value is -0.740. The first-order valence-electron chi connectivity index (χ1n) is 7.90. The van der Waals surface area contributed by atoms with E-state index < -0.39 is 9.84 Å². The first-order valence-corrected chi connectivity index (χ1v) is 10.1. The Kier molecular flexibility index (Phi) is 9.29. The summed E-state index contributed by atoms with van der Waals surface area (Å²) in [4.78, 5) is 6.19. The Labute approximate surface area is 171 Å². The second-order valence-corrected chi connectivity index (χ2v) is 8.59. The second kappa shape index (κ2) is 10.4. The van der Waals surface area contributed by atoms with Gasteiger partial charge in [-0.05, 0) is 36.6 Å². The van der Waals surface area contributed by atoms with E-state index in [0.717, 1.165) is 18.1 Å². The molecule has 1 aromatic rings. The third-order valence-electron chi connectivity index (χ3n) is 3.96. The molecule has 1 aromatic carbocycles. The zero-order valence-electron chi connectivity index (χ0n) is 14.4. The average molecular weight is 502 g/mol. The van der Waals surface area contributed by atoms with Crippen LogP contribution in [0.1, 0.15) is 6.42 Å². The lowest BCUT2D eigenvalue weighted by molar-refractivity contribution is 0.281. The van der Waals surface area contributed by atoms with Crippen molar-refractivity contribution in [3.8, 4) is 5.75 Å². The van der Waals surface area contributed by atoms with Gasteiger partial charge in [-0.25, -0.2) is 8.42 Å². The molecule has 1 aliphatic heterocycles. The molecule has 0 aromatic heterocycles. The van der Waals surface area contributed by atoms with Gasteiger partial charge in [0.15, 0.2) is 15.8 Å². The van der Waals surface area contributed by atoms with E-state index in [1.54, 1.807) is 19.2 Å². The van der Waals surface area contributed by atoms with Gasteiger partial charge in [-0.2, -0.15) is 0 Å². The smallest absolute Gasteiger partial charge is 0.193 e. The molecule has 0 spiro atoms. The highest BCUT2D eigenvalue weighted by Gasteiger charge is 2.27. The van der Waals surface area contributed by atoms with Crippen LogP contribution in [0.25, 0.3) is 0 Å². The first-order chi connectivity index (χ1) is 11.4. The molecule has 1 atom stereocenters. The number of likely N-dealkylation sites (N-methyl/N-ethyl adjacent to an activating group) is 1. The summed E-state index contributed by atoms with van der Waals surface area (Å²) in [6.07, 6.45) is 0.718. The number of benzene rings is 1. The normalized spacial score (nSPS) is 19.2. The van der Waals surface area contributed by atoms with Crippen molar-refractivity contribution in [1.29, 1.82) is 0 Å². The topological polar surface area (TPSA) is 71.0 Å². The molecule has 1 aliphatic rings. The molecule has 142 valence electrons. The largest absolute Gasteiger partial charge is 0.492 e. The van der Waals surface area contributed by atoms with Crippen LogP contribution < -0.4 is 10.1 Å². The zero-order chi connectivity index (χ0) is 17.6. The van der Waals surface area contributed by atoms with Gasteiger partial charge in [0, 0.05) is 25.7 Å². The third kappa shape index (κ3) is 7.57. The van der Waals surface area contributed by atoms with Gasteiger partial charge in [-0.15, -0.1) is 24.0 Å². The maximum Gasteiger partial charge on any atom is 0.193 e. The van der Waals surface area contributed by atoms with Crippen LogP contribution in [0, 0.1) is 5.92 Å². The van der Waals surface area contributed by atoms with Crippen molar-refractivity contribution < 1.29 is 13.2 Å². The van der Waals surface area contributed by atoms with Crippen molar-refractivity contribution in [2.24, 2.45) is 10.9 Å². The second-order valence-electron chi connectivity index (χ2n) is 5.92. The van der Waals surface area contributed by atoms with Crippen LogP contribution in [0.2, 0.25) is 5.02 Å². The lowest BCUT2D eigenvalue weighted by atomic mass is 10.1. The number of hydrogen-bond donors (Lipinski definition) is 1. The monoisotopic (exact) mass is 501 g/mol. The highest BCUT2D eigenvalue weighted by atomic mass is 127. The fourth-order valence-electron chi connectivity index (χ4n) is 2.59. The van der Waals surface area contributed by atoms with Crippen LogP contribution in [0.4, 0.5) is 0 Å². The van der Waals surface area contributed by atoms with E-state index in [9.17, 15) is 8.42 Å². The van der Waals surface area contributed by atoms with Crippen molar-refractivity contribution in [3.05, 3.63) is 29.3 Å². The number of halogens is 2.